The first-order valence-electron chi connectivity index (χ1n) is 8.01. The zero-order chi connectivity index (χ0) is 17.8. The average molecular weight is 341 g/mol. The van der Waals surface area contributed by atoms with Crippen molar-refractivity contribution in [2.24, 2.45) is 11.8 Å². The van der Waals surface area contributed by atoms with Gasteiger partial charge in [0, 0.05) is 18.3 Å². The summed E-state index contributed by atoms with van der Waals surface area (Å²) in [4.78, 5) is 35.4. The summed E-state index contributed by atoms with van der Waals surface area (Å²) in [6.07, 6.45) is 2.07. The number of amides is 3. The number of nitrogens with one attached hydrogen (secondary N) is 3. The molecule has 7 heteroatoms. The van der Waals surface area contributed by atoms with Crippen molar-refractivity contribution in [3.05, 3.63) is 48.4 Å². The van der Waals surface area contributed by atoms with Gasteiger partial charge >= 0.3 is 0 Å². The van der Waals surface area contributed by atoms with E-state index in [1.165, 1.54) is 6.92 Å². The Morgan fingerprint density at radius 2 is 1.76 bits per heavy atom. The fraction of sp³-hybridized carbons (Fsp3) is 0.278. The molecule has 7 nitrogen and oxygen atoms in total. The lowest BCUT2D eigenvalue weighted by atomic mass is 10.2. The van der Waals surface area contributed by atoms with E-state index in [4.69, 9.17) is 4.42 Å². The Balaban J connectivity index is 1.49. The van der Waals surface area contributed by atoms with Crippen LogP contribution >= 0.6 is 0 Å². The molecule has 1 aliphatic rings. The molecule has 2 aromatic rings. The molecule has 3 amide bonds. The Labute approximate surface area is 144 Å². The van der Waals surface area contributed by atoms with E-state index in [1.54, 1.807) is 42.7 Å². The lowest BCUT2D eigenvalue weighted by Crippen LogP contribution is -2.26. The lowest BCUT2D eigenvalue weighted by Gasteiger charge is -2.08. The second kappa shape index (κ2) is 7.21. The summed E-state index contributed by atoms with van der Waals surface area (Å²) >= 11 is 0. The fourth-order valence-corrected chi connectivity index (χ4v) is 2.61. The van der Waals surface area contributed by atoms with Gasteiger partial charge in [-0.05, 0) is 36.8 Å². The number of carbonyl (C=O) groups is 3. The van der Waals surface area contributed by atoms with Gasteiger partial charge in [-0.15, -0.1) is 0 Å². The minimum Gasteiger partial charge on any atom is -0.467 e. The van der Waals surface area contributed by atoms with Crippen molar-refractivity contribution < 1.29 is 18.8 Å². The van der Waals surface area contributed by atoms with Gasteiger partial charge in [0.25, 0.3) is 0 Å². The van der Waals surface area contributed by atoms with Crippen LogP contribution < -0.4 is 16.0 Å². The Bertz CT molecular complexity index is 785. The average Bonchev–Trinajstić information content (AvgIpc) is 3.20. The SMILES string of the molecule is CC(=O)Nc1cccc(NC(=O)C2CC2C(=O)NCc2ccco2)c1. The van der Waals surface area contributed by atoms with Crippen molar-refractivity contribution >= 4 is 29.1 Å². The first kappa shape index (κ1) is 16.8. The van der Waals surface area contributed by atoms with Crippen LogP contribution in [0, 0.1) is 11.8 Å². The van der Waals surface area contributed by atoms with Gasteiger partial charge in [-0.1, -0.05) is 6.07 Å². The van der Waals surface area contributed by atoms with Crippen molar-refractivity contribution in [2.45, 2.75) is 19.9 Å². The zero-order valence-electron chi connectivity index (χ0n) is 13.7. The highest BCUT2D eigenvalue weighted by atomic mass is 16.3. The largest absolute Gasteiger partial charge is 0.467 e. The Morgan fingerprint density at radius 3 is 2.44 bits per heavy atom. The minimum absolute atomic E-state index is 0.149. The first-order valence-corrected chi connectivity index (χ1v) is 8.01. The van der Waals surface area contributed by atoms with E-state index in [0.29, 0.717) is 30.1 Å². The molecule has 0 spiro atoms. The molecular weight excluding hydrogens is 322 g/mol. The monoisotopic (exact) mass is 341 g/mol. The highest BCUT2D eigenvalue weighted by Crippen LogP contribution is 2.39. The van der Waals surface area contributed by atoms with Crippen LogP contribution in [0.25, 0.3) is 0 Å². The number of hydrogen-bond donors (Lipinski definition) is 3. The number of anilines is 2. The van der Waals surface area contributed by atoms with E-state index in [1.807, 2.05) is 0 Å². The van der Waals surface area contributed by atoms with Crippen LogP contribution in [0.15, 0.2) is 47.1 Å². The topological polar surface area (TPSA) is 100 Å². The quantitative estimate of drug-likeness (QED) is 0.749. The van der Waals surface area contributed by atoms with Crippen LogP contribution in [0.5, 0.6) is 0 Å². The van der Waals surface area contributed by atoms with Crippen LogP contribution in [0.4, 0.5) is 11.4 Å². The number of hydrogen-bond acceptors (Lipinski definition) is 4. The Morgan fingerprint density at radius 1 is 1.04 bits per heavy atom. The van der Waals surface area contributed by atoms with E-state index >= 15 is 0 Å². The summed E-state index contributed by atoms with van der Waals surface area (Å²) in [6.45, 7) is 1.73. The molecule has 25 heavy (non-hydrogen) atoms. The van der Waals surface area contributed by atoms with E-state index in [2.05, 4.69) is 16.0 Å². The number of benzene rings is 1. The molecule has 0 aliphatic heterocycles. The normalized spacial score (nSPS) is 18.3. The molecule has 1 fully saturated rings. The van der Waals surface area contributed by atoms with Crippen LogP contribution in [-0.4, -0.2) is 17.7 Å². The molecule has 1 aromatic carbocycles. The van der Waals surface area contributed by atoms with Crippen LogP contribution in [-0.2, 0) is 20.9 Å². The van der Waals surface area contributed by atoms with Crippen molar-refractivity contribution in [3.63, 3.8) is 0 Å². The third-order valence-corrected chi connectivity index (χ3v) is 3.93. The maximum Gasteiger partial charge on any atom is 0.228 e. The highest BCUT2D eigenvalue weighted by molar-refractivity contribution is 6.00. The second-order valence-electron chi connectivity index (χ2n) is 6.00. The maximum atomic E-state index is 12.3. The predicted octanol–water partition coefficient (Wildman–Crippen LogP) is 2.13. The number of rotatable bonds is 6. The molecule has 1 heterocycles. The summed E-state index contributed by atoms with van der Waals surface area (Å²) in [6, 6.07) is 10.4. The van der Waals surface area contributed by atoms with Crippen LogP contribution in [0.1, 0.15) is 19.1 Å². The van der Waals surface area contributed by atoms with Gasteiger partial charge in [0.15, 0.2) is 0 Å². The molecule has 0 saturated heterocycles. The first-order chi connectivity index (χ1) is 12.0. The van der Waals surface area contributed by atoms with Gasteiger partial charge < -0.3 is 20.4 Å². The molecule has 2 atom stereocenters. The summed E-state index contributed by atoms with van der Waals surface area (Å²) in [5.74, 6) is -0.500. The molecular formula is C18H19N3O4. The maximum absolute atomic E-state index is 12.3. The smallest absolute Gasteiger partial charge is 0.228 e. The Kier molecular flexibility index (Phi) is 4.83. The number of carbonyl (C=O) groups excluding carboxylic acids is 3. The third kappa shape index (κ3) is 4.47. The van der Waals surface area contributed by atoms with E-state index in [0.717, 1.165) is 0 Å². The van der Waals surface area contributed by atoms with Gasteiger partial charge in [0.2, 0.25) is 17.7 Å². The second-order valence-corrected chi connectivity index (χ2v) is 6.00. The predicted molar refractivity (Wildman–Crippen MR) is 91.5 cm³/mol. The molecule has 0 radical (unpaired) electrons. The molecule has 1 aliphatic carbocycles. The van der Waals surface area contributed by atoms with Gasteiger partial charge in [-0.3, -0.25) is 14.4 Å². The molecule has 1 saturated carbocycles. The standard InChI is InChI=1S/C18H19N3O4/c1-11(22)20-12-4-2-5-13(8-12)21-18(24)16-9-15(16)17(23)19-10-14-6-3-7-25-14/h2-8,15-16H,9-10H2,1H3,(H,19,23)(H,20,22)(H,21,24). The van der Waals surface area contributed by atoms with Crippen molar-refractivity contribution in [1.82, 2.24) is 5.32 Å². The summed E-state index contributed by atoms with van der Waals surface area (Å²) in [5, 5.41) is 8.21. The Hall–Kier alpha value is -3.09. The molecule has 3 rings (SSSR count). The molecule has 2 unspecified atom stereocenters. The van der Waals surface area contributed by atoms with E-state index in [-0.39, 0.29) is 29.6 Å². The van der Waals surface area contributed by atoms with E-state index in [9.17, 15) is 14.4 Å². The summed E-state index contributed by atoms with van der Waals surface area (Å²) in [7, 11) is 0. The highest BCUT2D eigenvalue weighted by Gasteiger charge is 2.47. The number of furan rings is 1. The molecule has 3 N–H and O–H groups in total. The van der Waals surface area contributed by atoms with Gasteiger partial charge in [0.1, 0.15) is 5.76 Å². The molecule has 0 bridgehead atoms. The van der Waals surface area contributed by atoms with E-state index < -0.39 is 0 Å². The lowest BCUT2D eigenvalue weighted by molar-refractivity contribution is -0.125. The van der Waals surface area contributed by atoms with Gasteiger partial charge in [0.05, 0.1) is 24.6 Å². The zero-order valence-corrected chi connectivity index (χ0v) is 13.7. The van der Waals surface area contributed by atoms with Crippen LogP contribution in [0.2, 0.25) is 0 Å². The van der Waals surface area contributed by atoms with Crippen LogP contribution in [0.3, 0.4) is 0 Å². The minimum atomic E-state index is -0.332. The molecule has 1 aromatic heterocycles. The summed E-state index contributed by atoms with van der Waals surface area (Å²) in [5.41, 5.74) is 1.19. The van der Waals surface area contributed by atoms with Crippen molar-refractivity contribution in [1.29, 1.82) is 0 Å². The van der Waals surface area contributed by atoms with Crippen molar-refractivity contribution in [2.75, 3.05) is 10.6 Å². The van der Waals surface area contributed by atoms with Gasteiger partial charge in [-0.25, -0.2) is 0 Å². The molecule has 130 valence electrons. The third-order valence-electron chi connectivity index (χ3n) is 3.93. The van der Waals surface area contributed by atoms with Crippen molar-refractivity contribution in [3.8, 4) is 0 Å². The van der Waals surface area contributed by atoms with Gasteiger partial charge in [-0.2, -0.15) is 0 Å². The summed E-state index contributed by atoms with van der Waals surface area (Å²) < 4.78 is 5.15. The fourth-order valence-electron chi connectivity index (χ4n) is 2.61.